The van der Waals surface area contributed by atoms with Gasteiger partial charge < -0.3 is 4.18 Å². The third-order valence-electron chi connectivity index (χ3n) is 3.17. The van der Waals surface area contributed by atoms with Gasteiger partial charge in [0.2, 0.25) is 0 Å². The summed E-state index contributed by atoms with van der Waals surface area (Å²) >= 11 is 0. The van der Waals surface area contributed by atoms with Crippen LogP contribution in [-0.4, -0.2) is 23.9 Å². The number of halogens is 4. The van der Waals surface area contributed by atoms with Crippen LogP contribution in [0.25, 0.3) is 22.3 Å². The Morgan fingerprint density at radius 3 is 2.40 bits per heavy atom. The van der Waals surface area contributed by atoms with Gasteiger partial charge in [0.15, 0.2) is 11.6 Å². The van der Waals surface area contributed by atoms with E-state index in [1.54, 1.807) is 0 Å². The van der Waals surface area contributed by atoms with Gasteiger partial charge >= 0.3 is 15.6 Å². The molecule has 0 radical (unpaired) electrons. The largest absolute Gasteiger partial charge is 0.534 e. The predicted molar refractivity (Wildman–Crippen MR) is 80.5 cm³/mol. The number of nitrogens with zero attached hydrogens (tertiary/aromatic N) is 2. The molecule has 0 atom stereocenters. The van der Waals surface area contributed by atoms with Crippen molar-refractivity contribution in [3.8, 4) is 17.1 Å². The number of hydrogen-bond acceptors (Lipinski definition) is 5. The lowest BCUT2D eigenvalue weighted by Crippen LogP contribution is -2.28. The molecule has 1 heterocycles. The summed E-state index contributed by atoms with van der Waals surface area (Å²) in [6.07, 6.45) is 1.23. The molecule has 0 saturated heterocycles. The first-order chi connectivity index (χ1) is 11.7. The van der Waals surface area contributed by atoms with Gasteiger partial charge in [-0.05, 0) is 18.2 Å². The van der Waals surface area contributed by atoms with Gasteiger partial charge in [-0.25, -0.2) is 14.4 Å². The van der Waals surface area contributed by atoms with E-state index in [0.29, 0.717) is 0 Å². The Labute approximate surface area is 139 Å². The molecule has 3 rings (SSSR count). The molecule has 3 aromatic rings. The van der Waals surface area contributed by atoms with Crippen LogP contribution >= 0.6 is 0 Å². The summed E-state index contributed by atoms with van der Waals surface area (Å²) in [5.74, 6) is -1.39. The van der Waals surface area contributed by atoms with E-state index in [-0.39, 0.29) is 22.3 Å². The Balaban J connectivity index is 2.15. The molecule has 0 N–H and O–H groups in total. The standard InChI is InChI=1S/C15H8F4N2O3S/c16-11-6-2-1-5-10(11)14-20-8-9-4-3-7-12(13(9)21-14)24-25(22,23)15(17,18)19/h1-8H. The van der Waals surface area contributed by atoms with Crippen molar-refractivity contribution < 1.29 is 30.2 Å². The number of benzene rings is 2. The van der Waals surface area contributed by atoms with E-state index < -0.39 is 27.2 Å². The summed E-state index contributed by atoms with van der Waals surface area (Å²) in [5, 5.41) is 0.231. The first-order valence-corrected chi connectivity index (χ1v) is 8.11. The van der Waals surface area contributed by atoms with E-state index in [4.69, 9.17) is 0 Å². The van der Waals surface area contributed by atoms with Crippen LogP contribution in [-0.2, 0) is 10.1 Å². The average molecular weight is 372 g/mol. The fourth-order valence-corrected chi connectivity index (χ4v) is 2.50. The molecule has 0 fully saturated rings. The molecule has 25 heavy (non-hydrogen) atoms. The number of para-hydroxylation sites is 1. The van der Waals surface area contributed by atoms with Crippen molar-refractivity contribution in [2.75, 3.05) is 0 Å². The highest BCUT2D eigenvalue weighted by Crippen LogP contribution is 2.31. The average Bonchev–Trinajstić information content (AvgIpc) is 2.54. The van der Waals surface area contributed by atoms with Crippen molar-refractivity contribution in [2.45, 2.75) is 5.51 Å². The van der Waals surface area contributed by atoms with Crippen molar-refractivity contribution in [1.29, 1.82) is 0 Å². The topological polar surface area (TPSA) is 69.2 Å². The van der Waals surface area contributed by atoms with E-state index in [9.17, 15) is 26.0 Å². The monoisotopic (exact) mass is 372 g/mol. The number of rotatable bonds is 3. The molecule has 0 aliphatic rings. The molecule has 0 amide bonds. The predicted octanol–water partition coefficient (Wildman–Crippen LogP) is 3.66. The van der Waals surface area contributed by atoms with E-state index in [1.807, 2.05) is 0 Å². The lowest BCUT2D eigenvalue weighted by Gasteiger charge is -2.11. The van der Waals surface area contributed by atoms with Crippen molar-refractivity contribution in [1.82, 2.24) is 9.97 Å². The lowest BCUT2D eigenvalue weighted by molar-refractivity contribution is -0.0499. The molecule has 5 nitrogen and oxygen atoms in total. The first kappa shape index (κ1) is 17.1. The molecule has 130 valence electrons. The van der Waals surface area contributed by atoms with Crippen LogP contribution in [0.1, 0.15) is 0 Å². The quantitative estimate of drug-likeness (QED) is 0.399. The SMILES string of the molecule is O=S(=O)(Oc1cccc2cnc(-c3ccccc3F)nc12)C(F)(F)F. The normalized spacial score (nSPS) is 12.3. The lowest BCUT2D eigenvalue weighted by atomic mass is 10.2. The van der Waals surface area contributed by atoms with E-state index in [0.717, 1.165) is 6.07 Å². The molecule has 0 spiro atoms. The Kier molecular flexibility index (Phi) is 4.07. The summed E-state index contributed by atoms with van der Waals surface area (Å²) in [6, 6.07) is 9.28. The Hall–Kier alpha value is -2.75. The van der Waals surface area contributed by atoms with Gasteiger partial charge in [-0.1, -0.05) is 24.3 Å². The highest BCUT2D eigenvalue weighted by Gasteiger charge is 2.48. The molecule has 10 heteroatoms. The molecule has 0 aliphatic carbocycles. The second kappa shape index (κ2) is 5.96. The molecule has 0 saturated carbocycles. The summed E-state index contributed by atoms with van der Waals surface area (Å²) in [7, 11) is -5.86. The fraction of sp³-hybridized carbons (Fsp3) is 0.0667. The van der Waals surface area contributed by atoms with Crippen LogP contribution in [0.15, 0.2) is 48.7 Å². The maximum absolute atomic E-state index is 13.8. The van der Waals surface area contributed by atoms with Gasteiger partial charge in [0.25, 0.3) is 0 Å². The minimum atomic E-state index is -5.86. The Morgan fingerprint density at radius 2 is 1.72 bits per heavy atom. The van der Waals surface area contributed by atoms with Gasteiger partial charge in [-0.15, -0.1) is 0 Å². The van der Waals surface area contributed by atoms with Crippen LogP contribution < -0.4 is 4.18 Å². The molecule has 0 unspecified atom stereocenters. The molecular weight excluding hydrogens is 364 g/mol. The van der Waals surface area contributed by atoms with Gasteiger partial charge in [0.05, 0.1) is 5.56 Å². The molecule has 1 aromatic heterocycles. The van der Waals surface area contributed by atoms with Gasteiger partial charge in [-0.3, -0.25) is 0 Å². The maximum atomic E-state index is 13.8. The second-order valence-corrected chi connectivity index (χ2v) is 6.39. The summed E-state index contributed by atoms with van der Waals surface area (Å²) < 4.78 is 78.0. The number of alkyl halides is 3. The maximum Gasteiger partial charge on any atom is 0.534 e. The fourth-order valence-electron chi connectivity index (χ4n) is 2.03. The first-order valence-electron chi connectivity index (χ1n) is 6.70. The van der Waals surface area contributed by atoms with E-state index >= 15 is 0 Å². The van der Waals surface area contributed by atoms with E-state index in [2.05, 4.69) is 14.2 Å². The van der Waals surface area contributed by atoms with Crippen LogP contribution in [0.3, 0.4) is 0 Å². The van der Waals surface area contributed by atoms with Gasteiger partial charge in [0, 0.05) is 11.6 Å². The van der Waals surface area contributed by atoms with Gasteiger partial charge in [0.1, 0.15) is 11.3 Å². The van der Waals surface area contributed by atoms with Crippen molar-refractivity contribution >= 4 is 21.0 Å². The van der Waals surface area contributed by atoms with Crippen LogP contribution in [0.2, 0.25) is 0 Å². The highest BCUT2D eigenvalue weighted by molar-refractivity contribution is 7.88. The summed E-state index contributed by atoms with van der Waals surface area (Å²) in [4.78, 5) is 7.91. The zero-order valence-corrected chi connectivity index (χ0v) is 13.0. The minimum Gasteiger partial charge on any atom is -0.374 e. The third-order valence-corrected chi connectivity index (χ3v) is 4.14. The Morgan fingerprint density at radius 1 is 1.00 bits per heavy atom. The number of hydrogen-bond donors (Lipinski definition) is 0. The Bertz CT molecular complexity index is 1050. The van der Waals surface area contributed by atoms with E-state index in [1.165, 1.54) is 42.6 Å². The van der Waals surface area contributed by atoms with Gasteiger partial charge in [-0.2, -0.15) is 21.6 Å². The highest BCUT2D eigenvalue weighted by atomic mass is 32.2. The zero-order valence-electron chi connectivity index (χ0n) is 12.2. The summed E-state index contributed by atoms with van der Waals surface area (Å²) in [5.41, 5.74) is -5.77. The zero-order chi connectivity index (χ0) is 18.2. The molecule has 0 bridgehead atoms. The van der Waals surface area contributed by atoms with Crippen LogP contribution in [0, 0.1) is 5.82 Å². The summed E-state index contributed by atoms with van der Waals surface area (Å²) in [6.45, 7) is 0. The van der Waals surface area contributed by atoms with Crippen molar-refractivity contribution in [3.63, 3.8) is 0 Å². The van der Waals surface area contributed by atoms with Crippen LogP contribution in [0.5, 0.6) is 5.75 Å². The van der Waals surface area contributed by atoms with Crippen molar-refractivity contribution in [3.05, 3.63) is 54.5 Å². The molecular formula is C15H8F4N2O3S. The third kappa shape index (κ3) is 3.25. The number of aromatic nitrogens is 2. The minimum absolute atomic E-state index is 0.0119. The van der Waals surface area contributed by atoms with Crippen molar-refractivity contribution in [2.24, 2.45) is 0 Å². The number of fused-ring (bicyclic) bond motifs is 1. The second-order valence-electron chi connectivity index (χ2n) is 4.85. The van der Waals surface area contributed by atoms with Crippen LogP contribution in [0.4, 0.5) is 17.6 Å². The molecule has 2 aromatic carbocycles. The smallest absolute Gasteiger partial charge is 0.374 e. The molecule has 0 aliphatic heterocycles.